The van der Waals surface area contributed by atoms with Crippen molar-refractivity contribution in [3.8, 4) is 0 Å². The van der Waals surface area contributed by atoms with E-state index < -0.39 is 40.8 Å². The lowest BCUT2D eigenvalue weighted by atomic mass is 10.1. The number of esters is 1. The van der Waals surface area contributed by atoms with Crippen LogP contribution in [0.3, 0.4) is 0 Å². The maximum atomic E-state index is 12.6. The molecule has 0 heterocycles. The lowest BCUT2D eigenvalue weighted by Crippen LogP contribution is -2.22. The molecular weight excluding hydrogens is 395 g/mol. The van der Waals surface area contributed by atoms with E-state index in [1.807, 2.05) is 0 Å². The van der Waals surface area contributed by atoms with Crippen molar-refractivity contribution in [2.24, 2.45) is 0 Å². The molecule has 0 saturated carbocycles. The van der Waals surface area contributed by atoms with E-state index in [2.05, 4.69) is 5.32 Å². The molecule has 0 spiro atoms. The minimum absolute atomic E-state index is 0.0370. The van der Waals surface area contributed by atoms with E-state index in [1.54, 1.807) is 13.8 Å². The summed E-state index contributed by atoms with van der Waals surface area (Å²) >= 11 is 0. The molecule has 0 aliphatic rings. The van der Waals surface area contributed by atoms with Crippen LogP contribution in [0.4, 0.5) is 30.2 Å². The number of ether oxygens (including phenoxy) is 1. The van der Waals surface area contributed by atoms with Crippen LogP contribution in [0.1, 0.15) is 27.0 Å². The Kier molecular flexibility index (Phi) is 6.10. The van der Waals surface area contributed by atoms with Gasteiger partial charge in [0.2, 0.25) is 0 Å². The summed E-state index contributed by atoms with van der Waals surface area (Å²) < 4.78 is 42.7. The molecule has 0 atom stereocenters. The molecule has 0 unspecified atom stereocenters. The number of amides is 1. The van der Waals surface area contributed by atoms with Gasteiger partial charge < -0.3 is 15.8 Å². The predicted octanol–water partition coefficient (Wildman–Crippen LogP) is 3.61. The first-order valence-electron chi connectivity index (χ1n) is 8.10. The molecule has 2 aromatic rings. The van der Waals surface area contributed by atoms with Crippen molar-refractivity contribution in [3.63, 3.8) is 0 Å². The fraction of sp³-hybridized carbons (Fsp3) is 0.222. The van der Waals surface area contributed by atoms with E-state index in [-0.39, 0.29) is 16.9 Å². The molecule has 8 nitrogen and oxygen atoms in total. The fourth-order valence-electron chi connectivity index (χ4n) is 2.42. The number of nitrogen functional groups attached to an aromatic ring is 1. The number of rotatable bonds is 5. The number of benzene rings is 2. The summed E-state index contributed by atoms with van der Waals surface area (Å²) in [4.78, 5) is 34.5. The van der Waals surface area contributed by atoms with E-state index in [4.69, 9.17) is 10.5 Å². The van der Waals surface area contributed by atoms with E-state index in [9.17, 15) is 32.9 Å². The van der Waals surface area contributed by atoms with Crippen LogP contribution in [-0.4, -0.2) is 23.4 Å². The van der Waals surface area contributed by atoms with Gasteiger partial charge in [-0.15, -0.1) is 0 Å². The third-order valence-electron chi connectivity index (χ3n) is 4.11. The van der Waals surface area contributed by atoms with Crippen LogP contribution in [0.5, 0.6) is 0 Å². The number of carbonyl (C=O) groups excluding carboxylic acids is 2. The van der Waals surface area contributed by atoms with Crippen molar-refractivity contribution in [2.75, 3.05) is 17.7 Å². The Labute approximate surface area is 162 Å². The van der Waals surface area contributed by atoms with Crippen LogP contribution in [0.15, 0.2) is 30.3 Å². The van der Waals surface area contributed by atoms with Crippen LogP contribution in [0.2, 0.25) is 0 Å². The van der Waals surface area contributed by atoms with Gasteiger partial charge in [-0.25, -0.2) is 4.79 Å². The molecule has 0 bridgehead atoms. The number of nitrogens with one attached hydrogen (secondary N) is 1. The normalized spacial score (nSPS) is 11.1. The van der Waals surface area contributed by atoms with Crippen molar-refractivity contribution in [1.29, 1.82) is 0 Å². The largest absolute Gasteiger partial charge is 0.452 e. The van der Waals surface area contributed by atoms with E-state index >= 15 is 0 Å². The maximum Gasteiger partial charge on any atom is 0.416 e. The lowest BCUT2D eigenvalue weighted by molar-refractivity contribution is -0.384. The highest BCUT2D eigenvalue weighted by Crippen LogP contribution is 2.32. The Morgan fingerprint density at radius 3 is 2.41 bits per heavy atom. The van der Waals surface area contributed by atoms with Crippen LogP contribution < -0.4 is 11.1 Å². The molecule has 2 rings (SSSR count). The molecule has 29 heavy (non-hydrogen) atoms. The molecule has 3 N–H and O–H groups in total. The minimum Gasteiger partial charge on any atom is -0.452 e. The third kappa shape index (κ3) is 5.00. The number of halogens is 3. The number of hydrogen-bond donors (Lipinski definition) is 2. The molecule has 0 fully saturated rings. The van der Waals surface area contributed by atoms with Gasteiger partial charge in [0.15, 0.2) is 6.61 Å². The Hall–Kier alpha value is -3.63. The molecule has 0 saturated heterocycles. The number of nitrogens with two attached hydrogens (primary N) is 1. The number of alkyl halides is 3. The monoisotopic (exact) mass is 411 g/mol. The van der Waals surface area contributed by atoms with Gasteiger partial charge >= 0.3 is 12.1 Å². The quantitative estimate of drug-likeness (QED) is 0.335. The smallest absolute Gasteiger partial charge is 0.416 e. The molecular formula is C18H16F3N3O5. The number of carbonyl (C=O) groups is 2. The highest BCUT2D eigenvalue weighted by molar-refractivity contribution is 5.99. The Balaban J connectivity index is 2.10. The zero-order chi connectivity index (χ0) is 21.9. The molecule has 2 aromatic carbocycles. The van der Waals surface area contributed by atoms with Crippen LogP contribution in [0, 0.1) is 24.0 Å². The average Bonchev–Trinajstić information content (AvgIpc) is 2.62. The van der Waals surface area contributed by atoms with Gasteiger partial charge in [-0.3, -0.25) is 14.9 Å². The van der Waals surface area contributed by atoms with Gasteiger partial charge in [-0.1, -0.05) is 6.07 Å². The van der Waals surface area contributed by atoms with Crippen LogP contribution in [-0.2, 0) is 15.7 Å². The first kappa shape index (κ1) is 21.7. The predicted molar refractivity (Wildman–Crippen MR) is 97.3 cm³/mol. The Morgan fingerprint density at radius 1 is 1.21 bits per heavy atom. The van der Waals surface area contributed by atoms with Gasteiger partial charge in [0.25, 0.3) is 11.6 Å². The molecule has 154 valence electrons. The Bertz CT molecular complexity index is 989. The average molecular weight is 411 g/mol. The number of nitro groups is 1. The van der Waals surface area contributed by atoms with Gasteiger partial charge in [0.05, 0.1) is 16.1 Å². The summed E-state index contributed by atoms with van der Waals surface area (Å²) in [5.74, 6) is -1.97. The summed E-state index contributed by atoms with van der Waals surface area (Å²) in [5, 5.41) is 13.4. The number of nitrogens with zero attached hydrogens (tertiary/aromatic N) is 1. The first-order chi connectivity index (χ1) is 13.4. The lowest BCUT2D eigenvalue weighted by Gasteiger charge is -2.12. The van der Waals surface area contributed by atoms with Gasteiger partial charge in [-0.2, -0.15) is 13.2 Å². The van der Waals surface area contributed by atoms with Gasteiger partial charge in [-0.05, 0) is 43.2 Å². The summed E-state index contributed by atoms with van der Waals surface area (Å²) in [6, 6.07) is 4.83. The van der Waals surface area contributed by atoms with Crippen molar-refractivity contribution < 1.29 is 32.4 Å². The standard InChI is InChI=1S/C18H16F3N3O5/c1-9-3-6-14(24(27)28)16(10(9)2)23-15(25)8-29-17(26)12-5-4-11(7-13(12)22)18(19,20)21/h3-7H,8,22H2,1-2H3,(H,23,25). The summed E-state index contributed by atoms with van der Waals surface area (Å²) in [6.07, 6.45) is -4.63. The Morgan fingerprint density at radius 2 is 1.86 bits per heavy atom. The third-order valence-corrected chi connectivity index (χ3v) is 4.11. The number of anilines is 2. The second-order valence-corrected chi connectivity index (χ2v) is 6.08. The highest BCUT2D eigenvalue weighted by atomic mass is 19.4. The molecule has 1 amide bonds. The highest BCUT2D eigenvalue weighted by Gasteiger charge is 2.31. The minimum atomic E-state index is -4.63. The second-order valence-electron chi connectivity index (χ2n) is 6.08. The van der Waals surface area contributed by atoms with Crippen LogP contribution in [0.25, 0.3) is 0 Å². The topological polar surface area (TPSA) is 125 Å². The fourth-order valence-corrected chi connectivity index (χ4v) is 2.42. The van der Waals surface area contributed by atoms with E-state index in [1.165, 1.54) is 12.1 Å². The summed E-state index contributed by atoms with van der Waals surface area (Å²) in [5.41, 5.74) is 4.41. The summed E-state index contributed by atoms with van der Waals surface area (Å²) in [6.45, 7) is 2.46. The van der Waals surface area contributed by atoms with E-state index in [0.717, 1.165) is 6.07 Å². The zero-order valence-corrected chi connectivity index (χ0v) is 15.3. The molecule has 0 aliphatic carbocycles. The number of hydrogen-bond acceptors (Lipinski definition) is 6. The number of aryl methyl sites for hydroxylation is 1. The van der Waals surface area contributed by atoms with Gasteiger partial charge in [0.1, 0.15) is 5.69 Å². The molecule has 11 heteroatoms. The summed E-state index contributed by atoms with van der Waals surface area (Å²) in [7, 11) is 0. The maximum absolute atomic E-state index is 12.6. The van der Waals surface area contributed by atoms with Crippen molar-refractivity contribution in [3.05, 3.63) is 62.7 Å². The van der Waals surface area contributed by atoms with E-state index in [0.29, 0.717) is 23.3 Å². The van der Waals surface area contributed by atoms with Crippen LogP contribution >= 0.6 is 0 Å². The second kappa shape index (κ2) is 8.17. The van der Waals surface area contributed by atoms with Crippen molar-refractivity contribution in [1.82, 2.24) is 0 Å². The van der Waals surface area contributed by atoms with Crippen molar-refractivity contribution >= 4 is 28.9 Å². The first-order valence-corrected chi connectivity index (χ1v) is 8.10. The van der Waals surface area contributed by atoms with Gasteiger partial charge in [0, 0.05) is 11.8 Å². The molecule has 0 aliphatic heterocycles. The molecule has 0 radical (unpaired) electrons. The van der Waals surface area contributed by atoms with Crippen molar-refractivity contribution in [2.45, 2.75) is 20.0 Å². The number of nitro benzene ring substituents is 1. The molecule has 0 aromatic heterocycles. The zero-order valence-electron chi connectivity index (χ0n) is 15.3. The SMILES string of the molecule is Cc1ccc([N+](=O)[O-])c(NC(=O)COC(=O)c2ccc(C(F)(F)F)cc2N)c1C.